The Kier molecular flexibility index (Phi) is 8.32. The van der Waals surface area contributed by atoms with E-state index in [0.717, 1.165) is 16.7 Å². The highest BCUT2D eigenvalue weighted by molar-refractivity contribution is 7.89. The van der Waals surface area contributed by atoms with Gasteiger partial charge in [-0.3, -0.25) is 14.2 Å². The standard InChI is InChI=1S/C33H29Cl2N7O5S/c1-33(15-21-6-8-22(9-7-21)23-16-36-20-37-17-23)31(44)41(26-13-24(34)12-25(35)14-26)32-39-19-29(42(32)33)48(45,46)40-10-2-5-28(40)30(43)38-18-27-4-3-11-47-27/h3-4,6-9,11-14,16-17,19-20,28H,2,5,10,15,18H2,1H3,(H,38,43). The van der Waals surface area contributed by atoms with Crippen LogP contribution in [0.15, 0.2) is 95.2 Å². The molecule has 2 amide bonds. The van der Waals surface area contributed by atoms with Crippen LogP contribution in [0.4, 0.5) is 11.6 Å². The van der Waals surface area contributed by atoms with Crippen molar-refractivity contribution in [2.45, 2.75) is 49.3 Å². The fraction of sp³-hybridized carbons (Fsp3) is 0.242. The van der Waals surface area contributed by atoms with Crippen LogP contribution in [0.5, 0.6) is 0 Å². The van der Waals surface area contributed by atoms with Gasteiger partial charge in [0.2, 0.25) is 11.9 Å². The molecule has 48 heavy (non-hydrogen) atoms. The van der Waals surface area contributed by atoms with Crippen molar-refractivity contribution in [3.05, 3.63) is 107 Å². The summed E-state index contributed by atoms with van der Waals surface area (Å²) in [7, 11) is -4.33. The summed E-state index contributed by atoms with van der Waals surface area (Å²) in [6.45, 7) is 1.94. The van der Waals surface area contributed by atoms with E-state index in [1.54, 1.807) is 49.6 Å². The molecule has 0 radical (unpaired) electrons. The molecular formula is C33H29Cl2N7O5S. The minimum atomic E-state index is -4.33. The van der Waals surface area contributed by atoms with E-state index in [9.17, 15) is 18.0 Å². The first-order valence-electron chi connectivity index (χ1n) is 15.1. The molecule has 1 N–H and O–H groups in total. The van der Waals surface area contributed by atoms with Crippen LogP contribution in [0.2, 0.25) is 10.0 Å². The quantitative estimate of drug-likeness (QED) is 0.216. The van der Waals surface area contributed by atoms with E-state index in [4.69, 9.17) is 27.6 Å². The zero-order valence-electron chi connectivity index (χ0n) is 25.6. The van der Waals surface area contributed by atoms with Crippen LogP contribution in [0.25, 0.3) is 11.1 Å². The summed E-state index contributed by atoms with van der Waals surface area (Å²) >= 11 is 12.7. The third kappa shape index (κ3) is 5.66. The molecule has 5 heterocycles. The lowest BCUT2D eigenvalue weighted by Gasteiger charge is -2.29. The monoisotopic (exact) mass is 705 g/mol. The van der Waals surface area contributed by atoms with Gasteiger partial charge in [0.1, 0.15) is 23.7 Å². The maximum atomic E-state index is 14.5. The molecule has 12 nitrogen and oxygen atoms in total. The van der Waals surface area contributed by atoms with Gasteiger partial charge in [0.05, 0.1) is 24.7 Å². The minimum absolute atomic E-state index is 0.0930. The molecule has 0 saturated carbocycles. The van der Waals surface area contributed by atoms with Gasteiger partial charge in [0.15, 0.2) is 5.03 Å². The van der Waals surface area contributed by atoms with E-state index in [1.807, 2.05) is 24.3 Å². The van der Waals surface area contributed by atoms with Crippen molar-refractivity contribution in [2.75, 3.05) is 11.4 Å². The highest BCUT2D eigenvalue weighted by Gasteiger charge is 2.53. The Morgan fingerprint density at radius 1 is 1.04 bits per heavy atom. The molecule has 0 aliphatic carbocycles. The minimum Gasteiger partial charge on any atom is -0.467 e. The van der Waals surface area contributed by atoms with E-state index < -0.39 is 33.4 Å². The summed E-state index contributed by atoms with van der Waals surface area (Å²) in [6, 6.07) is 14.7. The van der Waals surface area contributed by atoms with Crippen LogP contribution in [0.3, 0.4) is 0 Å². The third-order valence-corrected chi connectivity index (χ3v) is 11.0. The Labute approximate surface area is 286 Å². The molecule has 2 unspecified atom stereocenters. The lowest BCUT2D eigenvalue weighted by molar-refractivity contribution is -0.125. The number of hydrogen-bond donors (Lipinski definition) is 1. The number of benzene rings is 2. The van der Waals surface area contributed by atoms with E-state index in [1.165, 1.54) is 32.6 Å². The largest absolute Gasteiger partial charge is 0.467 e. The first-order chi connectivity index (χ1) is 23.1. The van der Waals surface area contributed by atoms with Crippen molar-refractivity contribution in [1.82, 2.24) is 29.1 Å². The maximum Gasteiger partial charge on any atom is 0.261 e. The fourth-order valence-electron chi connectivity index (χ4n) is 6.39. The van der Waals surface area contributed by atoms with E-state index in [0.29, 0.717) is 34.3 Å². The van der Waals surface area contributed by atoms with Crippen LogP contribution in [0.1, 0.15) is 31.1 Å². The second kappa shape index (κ2) is 12.5. The highest BCUT2D eigenvalue weighted by Crippen LogP contribution is 2.45. The number of fused-ring (bicyclic) bond motifs is 1. The number of furan rings is 1. The summed E-state index contributed by atoms with van der Waals surface area (Å²) in [4.78, 5) is 41.8. The molecule has 1 saturated heterocycles. The van der Waals surface area contributed by atoms with E-state index in [-0.39, 0.29) is 30.5 Å². The van der Waals surface area contributed by atoms with Crippen LogP contribution in [0, 0.1) is 0 Å². The number of carbonyl (C=O) groups excluding carboxylic acids is 2. The van der Waals surface area contributed by atoms with Crippen molar-refractivity contribution in [3.63, 3.8) is 0 Å². The second-order valence-electron chi connectivity index (χ2n) is 11.8. The molecule has 5 aromatic rings. The average Bonchev–Trinajstić information content (AvgIpc) is 3.88. The van der Waals surface area contributed by atoms with Gasteiger partial charge < -0.3 is 9.73 Å². The average molecular weight is 707 g/mol. The van der Waals surface area contributed by atoms with Crippen molar-refractivity contribution >= 4 is 56.7 Å². The molecule has 2 atom stereocenters. The van der Waals surface area contributed by atoms with Crippen molar-refractivity contribution in [2.24, 2.45) is 0 Å². The Balaban J connectivity index is 1.27. The van der Waals surface area contributed by atoms with Crippen LogP contribution < -0.4 is 10.2 Å². The highest BCUT2D eigenvalue weighted by atomic mass is 35.5. The lowest BCUT2D eigenvalue weighted by atomic mass is 9.91. The Bertz CT molecular complexity index is 2090. The Hall–Kier alpha value is -4.56. The number of anilines is 2. The normalized spacial score (nSPS) is 19.5. The summed E-state index contributed by atoms with van der Waals surface area (Å²) in [5, 5.41) is 3.17. The van der Waals surface area contributed by atoms with Gasteiger partial charge in [0.25, 0.3) is 15.9 Å². The van der Waals surface area contributed by atoms with Gasteiger partial charge in [-0.25, -0.2) is 28.3 Å². The molecule has 2 aliphatic heterocycles. The first kappa shape index (κ1) is 32.0. The second-order valence-corrected chi connectivity index (χ2v) is 14.6. The zero-order valence-corrected chi connectivity index (χ0v) is 27.9. The molecular weight excluding hydrogens is 677 g/mol. The number of nitrogens with one attached hydrogen (secondary N) is 1. The van der Waals surface area contributed by atoms with Gasteiger partial charge in [-0.1, -0.05) is 47.5 Å². The molecule has 2 aliphatic rings. The summed E-state index contributed by atoms with van der Waals surface area (Å²) in [5.41, 5.74) is 1.38. The number of amides is 2. The molecule has 7 rings (SSSR count). The molecule has 1 fully saturated rings. The number of rotatable bonds is 9. The fourth-order valence-corrected chi connectivity index (χ4v) is 8.75. The SMILES string of the molecule is CC1(Cc2ccc(-c3cncnc3)cc2)C(=O)N(c2cc(Cl)cc(Cl)c2)c2ncc(S(=O)(=O)N3CCCC3C(=O)NCc3ccco3)n21. The predicted molar refractivity (Wildman–Crippen MR) is 178 cm³/mol. The predicted octanol–water partition coefficient (Wildman–Crippen LogP) is 5.35. The van der Waals surface area contributed by atoms with Crippen LogP contribution in [-0.4, -0.2) is 56.6 Å². The number of nitrogens with zero attached hydrogens (tertiary/aromatic N) is 6. The summed E-state index contributed by atoms with van der Waals surface area (Å²) < 4.78 is 36.9. The van der Waals surface area contributed by atoms with Crippen molar-refractivity contribution < 1.29 is 22.4 Å². The summed E-state index contributed by atoms with van der Waals surface area (Å²) in [5.74, 6) is -0.220. The van der Waals surface area contributed by atoms with Crippen molar-refractivity contribution in [3.8, 4) is 11.1 Å². The van der Waals surface area contributed by atoms with Gasteiger partial charge in [-0.15, -0.1) is 0 Å². The number of halogens is 2. The van der Waals surface area contributed by atoms with E-state index >= 15 is 0 Å². The van der Waals surface area contributed by atoms with Gasteiger partial charge in [0, 0.05) is 41.0 Å². The molecule has 2 aromatic carbocycles. The molecule has 15 heteroatoms. The number of carbonyl (C=O) groups is 2. The number of sulfonamides is 1. The smallest absolute Gasteiger partial charge is 0.261 e. The Morgan fingerprint density at radius 3 is 2.46 bits per heavy atom. The zero-order chi connectivity index (χ0) is 33.6. The van der Waals surface area contributed by atoms with Crippen LogP contribution in [-0.2, 0) is 38.1 Å². The molecule has 3 aromatic heterocycles. The lowest BCUT2D eigenvalue weighted by Crippen LogP contribution is -2.47. The van der Waals surface area contributed by atoms with Crippen molar-refractivity contribution in [1.29, 1.82) is 0 Å². The molecule has 0 bridgehead atoms. The Morgan fingerprint density at radius 2 is 1.77 bits per heavy atom. The molecule has 0 spiro atoms. The third-order valence-electron chi connectivity index (χ3n) is 8.67. The number of hydrogen-bond acceptors (Lipinski definition) is 8. The van der Waals surface area contributed by atoms with Gasteiger partial charge >= 0.3 is 0 Å². The van der Waals surface area contributed by atoms with E-state index in [2.05, 4.69) is 20.3 Å². The first-order valence-corrected chi connectivity index (χ1v) is 17.3. The topological polar surface area (TPSA) is 144 Å². The number of aromatic nitrogens is 4. The molecule has 246 valence electrons. The number of imidazole rings is 1. The van der Waals surface area contributed by atoms with Crippen LogP contribution >= 0.6 is 23.2 Å². The summed E-state index contributed by atoms with van der Waals surface area (Å²) in [6.07, 6.45) is 8.55. The maximum absolute atomic E-state index is 14.5. The van der Waals surface area contributed by atoms with Gasteiger partial charge in [-0.2, -0.15) is 4.31 Å². The van der Waals surface area contributed by atoms with Gasteiger partial charge in [-0.05, 0) is 61.2 Å².